The average Bonchev–Trinajstić information content (AvgIpc) is 3.04. The van der Waals surface area contributed by atoms with E-state index in [1.54, 1.807) is 6.07 Å². The molecule has 1 fully saturated rings. The van der Waals surface area contributed by atoms with Gasteiger partial charge in [0.25, 0.3) is 5.56 Å². The molecule has 0 aliphatic heterocycles. The summed E-state index contributed by atoms with van der Waals surface area (Å²) >= 11 is 1.45. The minimum atomic E-state index is -0.0819. The summed E-state index contributed by atoms with van der Waals surface area (Å²) in [7, 11) is 0. The summed E-state index contributed by atoms with van der Waals surface area (Å²) in [5, 5.41) is 5.56. The van der Waals surface area contributed by atoms with Crippen molar-refractivity contribution in [3.05, 3.63) is 28.1 Å². The minimum absolute atomic E-state index is 0.0207. The predicted molar refractivity (Wildman–Crippen MR) is 91.4 cm³/mol. The van der Waals surface area contributed by atoms with E-state index in [4.69, 9.17) is 5.73 Å². The molecule has 2 aromatic heterocycles. The van der Waals surface area contributed by atoms with Crippen molar-refractivity contribution >= 4 is 27.5 Å². The summed E-state index contributed by atoms with van der Waals surface area (Å²) < 4.78 is 1.51. The number of nitrogens with two attached hydrogens (primary N) is 1. The maximum absolute atomic E-state index is 12.3. The predicted octanol–water partition coefficient (Wildman–Crippen LogP) is 1.48. The van der Waals surface area contributed by atoms with Gasteiger partial charge in [0, 0.05) is 19.0 Å². The number of nitrogens with zero attached hydrogens (tertiary/aromatic N) is 2. The maximum atomic E-state index is 12.3. The fraction of sp³-hybridized carbons (Fsp3) is 0.562. The molecular weight excluding hydrogens is 312 g/mol. The van der Waals surface area contributed by atoms with Crippen LogP contribution in [0.1, 0.15) is 32.1 Å². The van der Waals surface area contributed by atoms with Crippen molar-refractivity contribution in [2.45, 2.75) is 44.7 Å². The van der Waals surface area contributed by atoms with Crippen molar-refractivity contribution in [1.29, 1.82) is 0 Å². The molecular formula is C16H22N4O2S. The Morgan fingerprint density at radius 2 is 2.26 bits per heavy atom. The van der Waals surface area contributed by atoms with E-state index in [1.165, 1.54) is 28.7 Å². The van der Waals surface area contributed by atoms with Gasteiger partial charge in [-0.3, -0.25) is 14.2 Å². The van der Waals surface area contributed by atoms with Gasteiger partial charge in [0.2, 0.25) is 5.91 Å². The van der Waals surface area contributed by atoms with Crippen molar-refractivity contribution in [1.82, 2.24) is 14.9 Å². The molecule has 0 aromatic carbocycles. The third kappa shape index (κ3) is 3.61. The first-order valence-corrected chi connectivity index (χ1v) is 8.99. The first-order valence-electron chi connectivity index (χ1n) is 8.11. The maximum Gasteiger partial charge on any atom is 0.262 e. The molecule has 2 aromatic rings. The van der Waals surface area contributed by atoms with Crippen LogP contribution in [-0.2, 0) is 11.3 Å². The standard InChI is InChI=1S/C16H22N4O2S/c17-9-11-3-1-2-4-13(11)19-14(21)5-7-20-10-18-15-12(16(20)22)6-8-23-15/h6,8,10-11,13H,1-5,7,9,17H2,(H,19,21). The van der Waals surface area contributed by atoms with E-state index in [9.17, 15) is 9.59 Å². The fourth-order valence-corrected chi connectivity index (χ4v) is 3.96. The van der Waals surface area contributed by atoms with Crippen molar-refractivity contribution < 1.29 is 4.79 Å². The van der Waals surface area contributed by atoms with E-state index >= 15 is 0 Å². The van der Waals surface area contributed by atoms with Crippen molar-refractivity contribution in [2.75, 3.05) is 6.54 Å². The van der Waals surface area contributed by atoms with Gasteiger partial charge in [-0.25, -0.2) is 4.98 Å². The summed E-state index contributed by atoms with van der Waals surface area (Å²) in [6.45, 7) is 0.965. The number of amides is 1. The number of aromatic nitrogens is 2. The Hall–Kier alpha value is -1.73. The van der Waals surface area contributed by atoms with Crippen molar-refractivity contribution in [3.8, 4) is 0 Å². The number of fused-ring (bicyclic) bond motifs is 1. The molecule has 23 heavy (non-hydrogen) atoms. The number of hydrogen-bond acceptors (Lipinski definition) is 5. The molecule has 2 heterocycles. The second-order valence-corrected chi connectivity index (χ2v) is 6.98. The highest BCUT2D eigenvalue weighted by atomic mass is 32.1. The third-order valence-electron chi connectivity index (χ3n) is 4.59. The molecule has 1 saturated carbocycles. The number of thiophene rings is 1. The molecule has 1 aliphatic carbocycles. The van der Waals surface area contributed by atoms with Crippen LogP contribution in [0.15, 0.2) is 22.6 Å². The highest BCUT2D eigenvalue weighted by Gasteiger charge is 2.25. The molecule has 0 saturated heterocycles. The normalized spacial score (nSPS) is 21.4. The number of aryl methyl sites for hydroxylation is 1. The van der Waals surface area contributed by atoms with Crippen LogP contribution >= 0.6 is 11.3 Å². The van der Waals surface area contributed by atoms with Gasteiger partial charge in [-0.05, 0) is 36.8 Å². The molecule has 0 radical (unpaired) electrons. The Bertz CT molecular complexity index is 739. The van der Waals surface area contributed by atoms with E-state index in [2.05, 4.69) is 10.3 Å². The van der Waals surface area contributed by atoms with Crippen LogP contribution in [0.5, 0.6) is 0 Å². The number of nitrogens with one attached hydrogen (secondary N) is 1. The highest BCUT2D eigenvalue weighted by molar-refractivity contribution is 7.16. The van der Waals surface area contributed by atoms with Gasteiger partial charge >= 0.3 is 0 Å². The summed E-state index contributed by atoms with van der Waals surface area (Å²) in [4.78, 5) is 29.5. The molecule has 0 spiro atoms. The van der Waals surface area contributed by atoms with E-state index < -0.39 is 0 Å². The fourth-order valence-electron chi connectivity index (χ4n) is 3.23. The lowest BCUT2D eigenvalue weighted by atomic mass is 9.84. The van der Waals surface area contributed by atoms with E-state index in [-0.39, 0.29) is 23.9 Å². The Morgan fingerprint density at radius 1 is 1.43 bits per heavy atom. The summed E-state index contributed by atoms with van der Waals surface area (Å²) in [6.07, 6.45) is 6.22. The molecule has 3 rings (SSSR count). The zero-order valence-electron chi connectivity index (χ0n) is 13.0. The van der Waals surface area contributed by atoms with Crippen LogP contribution in [0, 0.1) is 5.92 Å². The second-order valence-electron chi connectivity index (χ2n) is 6.09. The van der Waals surface area contributed by atoms with Crippen LogP contribution < -0.4 is 16.6 Å². The SMILES string of the molecule is NCC1CCCCC1NC(=O)CCn1cnc2sccc2c1=O. The van der Waals surface area contributed by atoms with Gasteiger partial charge in [0.05, 0.1) is 11.7 Å². The quantitative estimate of drug-likeness (QED) is 0.867. The number of hydrogen-bond donors (Lipinski definition) is 2. The first kappa shape index (κ1) is 16.1. The lowest BCUT2D eigenvalue weighted by Gasteiger charge is -2.31. The zero-order valence-corrected chi connectivity index (χ0v) is 13.8. The Labute approximate surface area is 138 Å². The number of carbonyl (C=O) groups excluding carboxylic acids is 1. The largest absolute Gasteiger partial charge is 0.353 e. The highest BCUT2D eigenvalue weighted by Crippen LogP contribution is 2.23. The van der Waals surface area contributed by atoms with E-state index in [0.29, 0.717) is 24.4 Å². The van der Waals surface area contributed by atoms with Crippen molar-refractivity contribution in [2.24, 2.45) is 11.7 Å². The van der Waals surface area contributed by atoms with Crippen LogP contribution in [0.2, 0.25) is 0 Å². The molecule has 1 aliphatic rings. The number of carbonyl (C=O) groups is 1. The van der Waals surface area contributed by atoms with Gasteiger partial charge < -0.3 is 11.1 Å². The smallest absolute Gasteiger partial charge is 0.262 e. The van der Waals surface area contributed by atoms with Gasteiger partial charge in [0.1, 0.15) is 4.83 Å². The first-order chi connectivity index (χ1) is 11.2. The molecule has 2 atom stereocenters. The lowest BCUT2D eigenvalue weighted by Crippen LogP contribution is -2.45. The average molecular weight is 334 g/mol. The van der Waals surface area contributed by atoms with Crippen LogP contribution in [0.4, 0.5) is 0 Å². The van der Waals surface area contributed by atoms with Gasteiger partial charge in [0.15, 0.2) is 0 Å². The molecule has 6 nitrogen and oxygen atoms in total. The monoisotopic (exact) mass is 334 g/mol. The lowest BCUT2D eigenvalue weighted by molar-refractivity contribution is -0.122. The van der Waals surface area contributed by atoms with Crippen LogP contribution in [0.3, 0.4) is 0 Å². The van der Waals surface area contributed by atoms with E-state index in [1.807, 2.05) is 5.38 Å². The summed E-state index contributed by atoms with van der Waals surface area (Å²) in [5.41, 5.74) is 5.71. The topological polar surface area (TPSA) is 90.0 Å². The number of rotatable bonds is 5. The van der Waals surface area contributed by atoms with E-state index in [0.717, 1.165) is 24.1 Å². The Balaban J connectivity index is 1.59. The molecule has 0 bridgehead atoms. The second kappa shape index (κ2) is 7.23. The van der Waals surface area contributed by atoms with Gasteiger partial charge in [-0.15, -0.1) is 11.3 Å². The van der Waals surface area contributed by atoms with Crippen LogP contribution in [-0.4, -0.2) is 28.0 Å². The molecule has 1 amide bonds. The molecule has 124 valence electrons. The summed E-state index contributed by atoms with van der Waals surface area (Å²) in [6, 6.07) is 1.95. The Kier molecular flexibility index (Phi) is 5.07. The minimum Gasteiger partial charge on any atom is -0.353 e. The molecule has 7 heteroatoms. The molecule has 3 N–H and O–H groups in total. The third-order valence-corrected chi connectivity index (χ3v) is 5.41. The zero-order chi connectivity index (χ0) is 16.2. The van der Waals surface area contributed by atoms with Crippen LogP contribution in [0.25, 0.3) is 10.2 Å². The molecule has 2 unspecified atom stereocenters. The van der Waals surface area contributed by atoms with Crippen molar-refractivity contribution in [3.63, 3.8) is 0 Å². The van der Waals surface area contributed by atoms with Gasteiger partial charge in [-0.2, -0.15) is 0 Å². The Morgan fingerprint density at radius 3 is 3.09 bits per heavy atom. The summed E-state index contributed by atoms with van der Waals surface area (Å²) in [5.74, 6) is 0.354. The van der Waals surface area contributed by atoms with Gasteiger partial charge in [-0.1, -0.05) is 12.8 Å².